The smallest absolute Gasteiger partial charge is 0.341 e. The molecule has 8 heteroatoms. The first-order valence-electron chi connectivity index (χ1n) is 7.83. The minimum Gasteiger partial charge on any atom is -0.341 e. The van der Waals surface area contributed by atoms with Crippen molar-refractivity contribution in [3.05, 3.63) is 29.6 Å². The van der Waals surface area contributed by atoms with E-state index in [9.17, 15) is 22.8 Å². The molecule has 0 unspecified atom stereocenters. The number of amides is 2. The Bertz CT molecular complexity index is 604. The van der Waals surface area contributed by atoms with Gasteiger partial charge in [-0.2, -0.15) is 13.2 Å². The Morgan fingerprint density at radius 3 is 2.50 bits per heavy atom. The molecule has 0 aromatic carbocycles. The lowest BCUT2D eigenvalue weighted by atomic mass is 10.2. The lowest BCUT2D eigenvalue weighted by molar-refractivity contribution is -0.149. The largest absolute Gasteiger partial charge is 0.389 e. The maximum Gasteiger partial charge on any atom is 0.389 e. The fraction of sp³-hybridized carbons (Fsp3) is 0.562. The summed E-state index contributed by atoms with van der Waals surface area (Å²) >= 11 is 0. The zero-order chi connectivity index (χ0) is 17.7. The molecule has 5 nitrogen and oxygen atoms in total. The molecule has 1 fully saturated rings. The van der Waals surface area contributed by atoms with Gasteiger partial charge in [0.05, 0.1) is 6.42 Å². The number of aryl methyl sites for hydroxylation is 1. The van der Waals surface area contributed by atoms with Crippen molar-refractivity contribution in [1.82, 2.24) is 14.8 Å². The van der Waals surface area contributed by atoms with Gasteiger partial charge in [0.25, 0.3) is 5.91 Å². The molecule has 0 atom stereocenters. The summed E-state index contributed by atoms with van der Waals surface area (Å²) in [5.74, 6) is -0.728. The van der Waals surface area contributed by atoms with Gasteiger partial charge in [-0.05, 0) is 25.0 Å². The van der Waals surface area contributed by atoms with Crippen molar-refractivity contribution in [2.45, 2.75) is 32.4 Å². The van der Waals surface area contributed by atoms with E-state index < -0.39 is 24.9 Å². The van der Waals surface area contributed by atoms with Crippen molar-refractivity contribution in [3.63, 3.8) is 0 Å². The summed E-state index contributed by atoms with van der Waals surface area (Å²) < 4.78 is 36.7. The SMILES string of the molecule is Cc1cccnc1C(=O)N1CCCN(C(=O)CCC(F)(F)F)CC1. The van der Waals surface area contributed by atoms with E-state index in [1.54, 1.807) is 30.2 Å². The van der Waals surface area contributed by atoms with Crippen molar-refractivity contribution >= 4 is 11.8 Å². The predicted molar refractivity (Wildman–Crippen MR) is 81.4 cm³/mol. The van der Waals surface area contributed by atoms with Gasteiger partial charge >= 0.3 is 6.18 Å². The monoisotopic (exact) mass is 343 g/mol. The van der Waals surface area contributed by atoms with Crippen LogP contribution in [-0.2, 0) is 4.79 Å². The fourth-order valence-corrected chi connectivity index (χ4v) is 2.64. The minimum atomic E-state index is -4.33. The lowest BCUT2D eigenvalue weighted by Crippen LogP contribution is -2.38. The fourth-order valence-electron chi connectivity index (χ4n) is 2.64. The molecule has 2 rings (SSSR count). The number of halogens is 3. The normalized spacial score (nSPS) is 16.0. The van der Waals surface area contributed by atoms with Crippen LogP contribution in [0.5, 0.6) is 0 Å². The number of carbonyl (C=O) groups is 2. The van der Waals surface area contributed by atoms with Gasteiger partial charge in [-0.25, -0.2) is 0 Å². The Balaban J connectivity index is 1.94. The molecule has 1 aliphatic heterocycles. The van der Waals surface area contributed by atoms with Crippen molar-refractivity contribution < 1.29 is 22.8 Å². The zero-order valence-electron chi connectivity index (χ0n) is 13.5. The number of hydrogen-bond acceptors (Lipinski definition) is 3. The van der Waals surface area contributed by atoms with Gasteiger partial charge in [0.15, 0.2) is 0 Å². The molecule has 132 valence electrons. The molecule has 0 N–H and O–H groups in total. The predicted octanol–water partition coefficient (Wildman–Crippen LogP) is 2.41. The summed E-state index contributed by atoms with van der Waals surface area (Å²) in [5.41, 5.74) is 1.14. The number of rotatable bonds is 3. The highest BCUT2D eigenvalue weighted by Gasteiger charge is 2.30. The molecule has 24 heavy (non-hydrogen) atoms. The first kappa shape index (κ1) is 18.2. The second-order valence-corrected chi connectivity index (χ2v) is 5.81. The van der Waals surface area contributed by atoms with Gasteiger partial charge in [0.1, 0.15) is 5.69 Å². The number of pyridine rings is 1. The van der Waals surface area contributed by atoms with E-state index >= 15 is 0 Å². The van der Waals surface area contributed by atoms with Gasteiger partial charge in [0.2, 0.25) is 5.91 Å². The molecule has 2 amide bonds. The van der Waals surface area contributed by atoms with Crippen molar-refractivity contribution in [2.75, 3.05) is 26.2 Å². The Kier molecular flexibility index (Phi) is 5.80. The van der Waals surface area contributed by atoms with Gasteiger partial charge < -0.3 is 9.80 Å². The Morgan fingerprint density at radius 2 is 1.83 bits per heavy atom. The summed E-state index contributed by atoms with van der Waals surface area (Å²) in [6.45, 7) is 3.16. The number of aromatic nitrogens is 1. The van der Waals surface area contributed by atoms with Crippen LogP contribution in [0.2, 0.25) is 0 Å². The molecular weight excluding hydrogens is 323 g/mol. The molecule has 1 aromatic heterocycles. The molecule has 1 saturated heterocycles. The average molecular weight is 343 g/mol. The maximum absolute atomic E-state index is 12.5. The highest BCUT2D eigenvalue weighted by Crippen LogP contribution is 2.22. The van der Waals surface area contributed by atoms with E-state index in [1.165, 1.54) is 4.90 Å². The number of carbonyl (C=O) groups excluding carboxylic acids is 2. The molecule has 0 saturated carbocycles. The molecule has 1 aliphatic rings. The Labute approximate surface area is 138 Å². The summed E-state index contributed by atoms with van der Waals surface area (Å²) in [4.78, 5) is 31.5. The van der Waals surface area contributed by atoms with E-state index in [2.05, 4.69) is 4.98 Å². The number of alkyl halides is 3. The molecule has 2 heterocycles. The highest BCUT2D eigenvalue weighted by atomic mass is 19.4. The Morgan fingerprint density at radius 1 is 1.17 bits per heavy atom. The van der Waals surface area contributed by atoms with Crippen LogP contribution in [0.4, 0.5) is 13.2 Å². The number of nitrogens with zero attached hydrogens (tertiary/aromatic N) is 3. The standard InChI is InChI=1S/C16H20F3N3O2/c1-12-4-2-7-20-14(12)15(24)22-9-3-8-21(10-11-22)13(23)5-6-16(17,18)19/h2,4,7H,3,5-6,8-11H2,1H3. The molecule has 0 aliphatic carbocycles. The quantitative estimate of drug-likeness (QED) is 0.847. The third-order valence-corrected chi connectivity index (χ3v) is 3.97. The van der Waals surface area contributed by atoms with Gasteiger partial charge in [0, 0.05) is 38.8 Å². The molecule has 1 aromatic rings. The molecule has 0 radical (unpaired) electrons. The first-order chi connectivity index (χ1) is 11.3. The van der Waals surface area contributed by atoms with E-state index in [0.717, 1.165) is 5.56 Å². The van der Waals surface area contributed by atoms with Crippen LogP contribution in [-0.4, -0.2) is 59.0 Å². The zero-order valence-corrected chi connectivity index (χ0v) is 13.5. The van der Waals surface area contributed by atoms with Gasteiger partial charge in [-0.3, -0.25) is 14.6 Å². The molecule has 0 spiro atoms. The van der Waals surface area contributed by atoms with Crippen LogP contribution in [0.3, 0.4) is 0 Å². The third kappa shape index (κ3) is 4.94. The summed E-state index contributed by atoms with van der Waals surface area (Å²) in [6, 6.07) is 3.54. The average Bonchev–Trinajstić information content (AvgIpc) is 2.78. The first-order valence-corrected chi connectivity index (χ1v) is 7.83. The summed E-state index contributed by atoms with van der Waals surface area (Å²) in [7, 11) is 0. The van der Waals surface area contributed by atoms with E-state index in [0.29, 0.717) is 31.7 Å². The van der Waals surface area contributed by atoms with Crippen LogP contribution >= 0.6 is 0 Å². The second kappa shape index (κ2) is 7.63. The van der Waals surface area contributed by atoms with Crippen LogP contribution in [0.25, 0.3) is 0 Å². The van der Waals surface area contributed by atoms with Crippen LogP contribution in [0, 0.1) is 6.92 Å². The van der Waals surface area contributed by atoms with Crippen molar-refractivity contribution in [3.8, 4) is 0 Å². The van der Waals surface area contributed by atoms with Gasteiger partial charge in [-0.1, -0.05) is 6.07 Å². The van der Waals surface area contributed by atoms with E-state index in [4.69, 9.17) is 0 Å². The Hall–Kier alpha value is -2.12. The maximum atomic E-state index is 12.5. The molecular formula is C16H20F3N3O2. The van der Waals surface area contributed by atoms with Crippen molar-refractivity contribution in [1.29, 1.82) is 0 Å². The van der Waals surface area contributed by atoms with Crippen LogP contribution in [0.15, 0.2) is 18.3 Å². The summed E-state index contributed by atoms with van der Waals surface area (Å²) in [6.07, 6.45) is -3.91. The highest BCUT2D eigenvalue weighted by molar-refractivity contribution is 5.93. The van der Waals surface area contributed by atoms with Crippen LogP contribution in [0.1, 0.15) is 35.3 Å². The minimum absolute atomic E-state index is 0.210. The summed E-state index contributed by atoms with van der Waals surface area (Å²) in [5, 5.41) is 0. The molecule has 0 bridgehead atoms. The number of hydrogen-bond donors (Lipinski definition) is 0. The third-order valence-electron chi connectivity index (χ3n) is 3.97. The lowest BCUT2D eigenvalue weighted by Gasteiger charge is -2.22. The van der Waals surface area contributed by atoms with E-state index in [-0.39, 0.29) is 12.5 Å². The topological polar surface area (TPSA) is 53.5 Å². The second-order valence-electron chi connectivity index (χ2n) is 5.81. The van der Waals surface area contributed by atoms with Gasteiger partial charge in [-0.15, -0.1) is 0 Å². The van der Waals surface area contributed by atoms with Crippen molar-refractivity contribution in [2.24, 2.45) is 0 Å². The van der Waals surface area contributed by atoms with E-state index in [1.807, 2.05) is 0 Å². The van der Waals surface area contributed by atoms with Crippen LogP contribution < -0.4 is 0 Å².